The van der Waals surface area contributed by atoms with Crippen molar-refractivity contribution in [3.05, 3.63) is 101 Å². The van der Waals surface area contributed by atoms with Crippen molar-refractivity contribution in [1.29, 1.82) is 0 Å². The van der Waals surface area contributed by atoms with E-state index in [4.69, 9.17) is 18.9 Å². The monoisotopic (exact) mass is 524 g/mol. The summed E-state index contributed by atoms with van der Waals surface area (Å²) in [7, 11) is 1.26. The molecule has 0 saturated carbocycles. The quantitative estimate of drug-likeness (QED) is 0.331. The predicted molar refractivity (Wildman–Crippen MR) is 146 cm³/mol. The number of aromatic nitrogens is 1. The highest BCUT2D eigenvalue weighted by atomic mass is 16.5. The number of fused-ring (bicyclic) bond motifs is 2. The van der Waals surface area contributed by atoms with E-state index in [1.807, 2.05) is 72.8 Å². The molecule has 0 aliphatic heterocycles. The van der Waals surface area contributed by atoms with Gasteiger partial charge in [0.05, 0.1) is 30.1 Å². The number of para-hydroxylation sites is 1. The van der Waals surface area contributed by atoms with Crippen molar-refractivity contribution in [1.82, 2.24) is 10.3 Å². The lowest BCUT2D eigenvalue weighted by Gasteiger charge is -2.22. The molecule has 5 rings (SSSR count). The van der Waals surface area contributed by atoms with E-state index in [-0.39, 0.29) is 6.42 Å². The number of ether oxygens (including phenoxy) is 2. The van der Waals surface area contributed by atoms with Gasteiger partial charge in [-0.25, -0.2) is 14.6 Å². The minimum atomic E-state index is -0.910. The van der Waals surface area contributed by atoms with Gasteiger partial charge < -0.3 is 19.2 Å². The van der Waals surface area contributed by atoms with Crippen molar-refractivity contribution in [2.45, 2.75) is 31.7 Å². The van der Waals surface area contributed by atoms with E-state index in [0.29, 0.717) is 28.6 Å². The van der Waals surface area contributed by atoms with E-state index in [9.17, 15) is 14.4 Å². The van der Waals surface area contributed by atoms with E-state index < -0.39 is 30.5 Å². The van der Waals surface area contributed by atoms with Gasteiger partial charge in [-0.3, -0.25) is 4.79 Å². The van der Waals surface area contributed by atoms with Crippen LogP contribution in [-0.2, 0) is 31.9 Å². The number of esters is 2. The standard InChI is InChI=1S/C31H28N2O6/c1-37-30(35)26(17-20-9-3-2-4-10-20)32-27(34)19-39-31(36)28-23-13-5-6-15-25(23)33-29-21(11-7-14-24(28)29)18-22-12-8-16-38-22/h2-6,8-10,12-13,15-16,18,26H,7,11,14,17,19H2,1H3,(H,32,34). The van der Waals surface area contributed by atoms with Crippen LogP contribution in [0.5, 0.6) is 0 Å². The average Bonchev–Trinajstić information content (AvgIpc) is 3.48. The summed E-state index contributed by atoms with van der Waals surface area (Å²) in [5.41, 5.74) is 4.43. The van der Waals surface area contributed by atoms with Gasteiger partial charge in [0.1, 0.15) is 11.8 Å². The molecule has 0 saturated heterocycles. The Morgan fingerprint density at radius 2 is 1.82 bits per heavy atom. The summed E-state index contributed by atoms with van der Waals surface area (Å²) in [5.74, 6) is -1.08. The van der Waals surface area contributed by atoms with Crippen molar-refractivity contribution in [2.24, 2.45) is 0 Å². The van der Waals surface area contributed by atoms with Crippen LogP contribution in [-0.4, -0.2) is 42.6 Å². The number of rotatable bonds is 8. The second-order valence-corrected chi connectivity index (χ2v) is 9.28. The molecule has 2 aromatic heterocycles. The van der Waals surface area contributed by atoms with Gasteiger partial charge in [-0.2, -0.15) is 0 Å². The smallest absolute Gasteiger partial charge is 0.339 e. The zero-order valence-electron chi connectivity index (χ0n) is 21.5. The van der Waals surface area contributed by atoms with Crippen LogP contribution in [0.2, 0.25) is 0 Å². The predicted octanol–water partition coefficient (Wildman–Crippen LogP) is 4.76. The maximum Gasteiger partial charge on any atom is 0.339 e. The molecule has 1 aliphatic carbocycles. The summed E-state index contributed by atoms with van der Waals surface area (Å²) in [6.07, 6.45) is 6.10. The molecule has 8 nitrogen and oxygen atoms in total. The Morgan fingerprint density at radius 3 is 2.59 bits per heavy atom. The number of nitrogens with zero attached hydrogens (tertiary/aromatic N) is 1. The van der Waals surface area contributed by atoms with E-state index >= 15 is 0 Å². The molecule has 0 radical (unpaired) electrons. The fourth-order valence-corrected chi connectivity index (χ4v) is 4.88. The summed E-state index contributed by atoms with van der Waals surface area (Å²) in [6.45, 7) is -0.540. The molecule has 4 aromatic rings. The lowest BCUT2D eigenvalue weighted by molar-refractivity contribution is -0.145. The number of methoxy groups -OCH3 is 1. The largest absolute Gasteiger partial charge is 0.467 e. The molecular formula is C31H28N2O6. The number of pyridine rings is 1. The van der Waals surface area contributed by atoms with Crippen molar-refractivity contribution >= 4 is 40.4 Å². The SMILES string of the molecule is COC(=O)C(Cc1ccccc1)NC(=O)COC(=O)c1c2c(nc3ccccc13)C(=Cc1ccco1)CCC2. The lowest BCUT2D eigenvalue weighted by Crippen LogP contribution is -2.44. The maximum absolute atomic E-state index is 13.5. The summed E-state index contributed by atoms with van der Waals surface area (Å²) in [5, 5.41) is 3.30. The topological polar surface area (TPSA) is 108 Å². The first-order chi connectivity index (χ1) is 19.0. The first-order valence-corrected chi connectivity index (χ1v) is 12.8. The van der Waals surface area contributed by atoms with E-state index in [1.165, 1.54) is 7.11 Å². The molecule has 0 bridgehead atoms. The third-order valence-corrected chi connectivity index (χ3v) is 6.67. The van der Waals surface area contributed by atoms with Crippen LogP contribution in [0.3, 0.4) is 0 Å². The van der Waals surface area contributed by atoms with Crippen LogP contribution < -0.4 is 5.32 Å². The van der Waals surface area contributed by atoms with Gasteiger partial charge in [0, 0.05) is 11.8 Å². The van der Waals surface area contributed by atoms with Crippen molar-refractivity contribution in [2.75, 3.05) is 13.7 Å². The normalized spacial score (nSPS) is 14.4. The highest BCUT2D eigenvalue weighted by molar-refractivity contribution is 6.07. The van der Waals surface area contributed by atoms with E-state index in [2.05, 4.69) is 5.32 Å². The zero-order chi connectivity index (χ0) is 27.2. The molecule has 2 heterocycles. The number of nitrogens with one attached hydrogen (secondary N) is 1. The van der Waals surface area contributed by atoms with Gasteiger partial charge in [0.15, 0.2) is 6.61 Å². The number of hydrogen-bond donors (Lipinski definition) is 1. The van der Waals surface area contributed by atoms with Crippen molar-refractivity contribution in [3.63, 3.8) is 0 Å². The third kappa shape index (κ3) is 5.90. The van der Waals surface area contributed by atoms with Crippen LogP contribution >= 0.6 is 0 Å². The number of furan rings is 1. The Kier molecular flexibility index (Phi) is 7.82. The summed E-state index contributed by atoms with van der Waals surface area (Å²) in [6, 6.07) is 19.4. The Bertz CT molecular complexity index is 1530. The van der Waals surface area contributed by atoms with Gasteiger partial charge in [-0.05, 0) is 60.2 Å². The molecule has 198 valence electrons. The van der Waals surface area contributed by atoms with Crippen molar-refractivity contribution < 1.29 is 28.3 Å². The number of amides is 1. The summed E-state index contributed by atoms with van der Waals surface area (Å²) < 4.78 is 15.9. The van der Waals surface area contributed by atoms with Crippen molar-refractivity contribution in [3.8, 4) is 0 Å². The molecule has 0 fully saturated rings. The maximum atomic E-state index is 13.5. The third-order valence-electron chi connectivity index (χ3n) is 6.67. The van der Waals surface area contributed by atoms with Gasteiger partial charge in [0.2, 0.25) is 0 Å². The fraction of sp³-hybridized carbons (Fsp3) is 0.226. The van der Waals surface area contributed by atoms with Crippen LogP contribution in [0.4, 0.5) is 0 Å². The van der Waals surface area contributed by atoms with Crippen LogP contribution in [0.25, 0.3) is 22.6 Å². The Hall–Kier alpha value is -4.72. The Morgan fingerprint density at radius 1 is 1.03 bits per heavy atom. The van der Waals surface area contributed by atoms with Gasteiger partial charge in [0.25, 0.3) is 5.91 Å². The van der Waals surface area contributed by atoms with E-state index in [0.717, 1.165) is 35.2 Å². The number of carbonyl (C=O) groups excluding carboxylic acids is 3. The first kappa shape index (κ1) is 25.9. The van der Waals surface area contributed by atoms with Gasteiger partial charge in [-0.1, -0.05) is 48.5 Å². The number of allylic oxidation sites excluding steroid dienone is 1. The highest BCUT2D eigenvalue weighted by Crippen LogP contribution is 2.36. The molecule has 1 unspecified atom stereocenters. The first-order valence-electron chi connectivity index (χ1n) is 12.8. The minimum absolute atomic E-state index is 0.250. The summed E-state index contributed by atoms with van der Waals surface area (Å²) >= 11 is 0. The average molecular weight is 525 g/mol. The zero-order valence-corrected chi connectivity index (χ0v) is 21.5. The molecule has 8 heteroatoms. The van der Waals surface area contributed by atoms with Crippen LogP contribution in [0.15, 0.2) is 77.4 Å². The second-order valence-electron chi connectivity index (χ2n) is 9.28. The number of hydrogen-bond acceptors (Lipinski definition) is 7. The molecule has 39 heavy (non-hydrogen) atoms. The number of carbonyl (C=O) groups is 3. The lowest BCUT2D eigenvalue weighted by atomic mass is 9.86. The van der Waals surface area contributed by atoms with Gasteiger partial charge >= 0.3 is 11.9 Å². The molecule has 0 spiro atoms. The second kappa shape index (κ2) is 11.8. The van der Waals surface area contributed by atoms with E-state index in [1.54, 1.807) is 6.26 Å². The molecule has 1 atom stereocenters. The van der Waals surface area contributed by atoms with Crippen LogP contribution in [0, 0.1) is 0 Å². The minimum Gasteiger partial charge on any atom is -0.467 e. The number of benzene rings is 2. The molecule has 1 amide bonds. The van der Waals surface area contributed by atoms with Crippen LogP contribution in [0.1, 0.15) is 45.8 Å². The Balaban J connectivity index is 1.37. The Labute approximate surface area is 225 Å². The summed E-state index contributed by atoms with van der Waals surface area (Å²) in [4.78, 5) is 43.4. The van der Waals surface area contributed by atoms with Gasteiger partial charge in [-0.15, -0.1) is 0 Å². The fourth-order valence-electron chi connectivity index (χ4n) is 4.88. The molecule has 2 aromatic carbocycles. The highest BCUT2D eigenvalue weighted by Gasteiger charge is 2.27. The molecular weight excluding hydrogens is 496 g/mol. The molecule has 1 aliphatic rings. The molecule has 1 N–H and O–H groups in total.